The van der Waals surface area contributed by atoms with Crippen molar-refractivity contribution < 1.29 is 8.42 Å². The number of nitrogens with zero attached hydrogens (tertiary/aromatic N) is 2. The molecule has 0 spiro atoms. The lowest BCUT2D eigenvalue weighted by Gasteiger charge is -2.07. The van der Waals surface area contributed by atoms with Gasteiger partial charge in [0.1, 0.15) is 5.82 Å². The molecule has 0 saturated carbocycles. The molecule has 0 fully saturated rings. The molecule has 130 valence electrons. The van der Waals surface area contributed by atoms with E-state index in [9.17, 15) is 8.42 Å². The first-order valence-electron chi connectivity index (χ1n) is 7.81. The molecular weight excluding hydrogens is 370 g/mol. The zero-order valence-electron chi connectivity index (χ0n) is 13.5. The molecule has 4 rings (SSSR count). The molecule has 2 aromatic carbocycles. The molecule has 2 N–H and O–H groups in total. The zero-order valence-corrected chi connectivity index (χ0v) is 15.1. The summed E-state index contributed by atoms with van der Waals surface area (Å²) >= 11 is 6.29. The Morgan fingerprint density at radius 1 is 0.923 bits per heavy atom. The third-order valence-corrected chi connectivity index (χ3v) is 6.09. The molecule has 0 atom stereocenters. The van der Waals surface area contributed by atoms with Crippen molar-refractivity contribution >= 4 is 38.3 Å². The molecule has 0 aliphatic heterocycles. The van der Waals surface area contributed by atoms with E-state index in [1.807, 2.05) is 12.1 Å². The predicted octanol–water partition coefficient (Wildman–Crippen LogP) is 4.18. The van der Waals surface area contributed by atoms with Gasteiger partial charge in [-0.2, -0.15) is 0 Å². The monoisotopic (exact) mass is 383 g/mol. The summed E-state index contributed by atoms with van der Waals surface area (Å²) in [6, 6.07) is 18.7. The van der Waals surface area contributed by atoms with E-state index in [1.165, 1.54) is 3.97 Å². The molecule has 4 aromatic rings. The van der Waals surface area contributed by atoms with Crippen molar-refractivity contribution in [2.24, 2.45) is 0 Å². The summed E-state index contributed by atoms with van der Waals surface area (Å²) in [6.07, 6.45) is 1.54. The second-order valence-corrected chi connectivity index (χ2v) is 7.96. The molecule has 2 aromatic heterocycles. The summed E-state index contributed by atoms with van der Waals surface area (Å²) < 4.78 is 27.5. The predicted molar refractivity (Wildman–Crippen MR) is 104 cm³/mol. The molecule has 0 aliphatic rings. The summed E-state index contributed by atoms with van der Waals surface area (Å²) in [6.45, 7) is 0. The number of halogens is 1. The maximum atomic E-state index is 13.1. The lowest BCUT2D eigenvalue weighted by molar-refractivity contribution is 0.589. The molecule has 0 bridgehead atoms. The Labute approximate surface area is 155 Å². The fourth-order valence-electron chi connectivity index (χ4n) is 2.89. The molecule has 0 unspecified atom stereocenters. The number of pyridine rings is 1. The minimum atomic E-state index is -3.76. The van der Waals surface area contributed by atoms with Crippen LogP contribution in [0.4, 0.5) is 5.82 Å². The highest BCUT2D eigenvalue weighted by atomic mass is 35.5. The number of nitrogens with two attached hydrogens (primary N) is 1. The summed E-state index contributed by atoms with van der Waals surface area (Å²) in [5.41, 5.74) is 7.40. The Balaban J connectivity index is 2.04. The van der Waals surface area contributed by atoms with Gasteiger partial charge in [-0.05, 0) is 30.3 Å². The molecule has 26 heavy (non-hydrogen) atoms. The van der Waals surface area contributed by atoms with Crippen molar-refractivity contribution in [3.8, 4) is 11.3 Å². The summed E-state index contributed by atoms with van der Waals surface area (Å²) in [4.78, 5) is 4.51. The number of hydrogen-bond acceptors (Lipinski definition) is 4. The number of fused-ring (bicyclic) bond motifs is 1. The van der Waals surface area contributed by atoms with E-state index in [2.05, 4.69) is 4.98 Å². The van der Waals surface area contributed by atoms with Crippen molar-refractivity contribution in [3.05, 3.63) is 77.9 Å². The van der Waals surface area contributed by atoms with Crippen LogP contribution in [-0.4, -0.2) is 17.4 Å². The highest BCUT2D eigenvalue weighted by Crippen LogP contribution is 2.35. The van der Waals surface area contributed by atoms with Gasteiger partial charge in [-0.15, -0.1) is 0 Å². The van der Waals surface area contributed by atoms with Gasteiger partial charge < -0.3 is 5.73 Å². The van der Waals surface area contributed by atoms with Crippen molar-refractivity contribution in [2.45, 2.75) is 4.90 Å². The number of aromatic nitrogens is 2. The normalized spacial score (nSPS) is 11.7. The van der Waals surface area contributed by atoms with Crippen LogP contribution in [-0.2, 0) is 10.0 Å². The first-order valence-corrected chi connectivity index (χ1v) is 9.63. The fraction of sp³-hybridized carbons (Fsp3) is 0. The summed E-state index contributed by atoms with van der Waals surface area (Å²) in [7, 11) is -3.76. The van der Waals surface area contributed by atoms with Crippen LogP contribution in [0.15, 0.2) is 77.8 Å². The van der Waals surface area contributed by atoms with Crippen LogP contribution < -0.4 is 5.73 Å². The Bertz CT molecular complexity index is 1220. The van der Waals surface area contributed by atoms with Gasteiger partial charge in [0, 0.05) is 17.1 Å². The summed E-state index contributed by atoms with van der Waals surface area (Å²) in [5.74, 6) is 0.312. The van der Waals surface area contributed by atoms with Crippen LogP contribution in [0.25, 0.3) is 22.2 Å². The number of para-hydroxylation sites is 1. The molecule has 5 nitrogen and oxygen atoms in total. The molecule has 2 heterocycles. The van der Waals surface area contributed by atoms with E-state index in [1.54, 1.807) is 60.8 Å². The number of hydrogen-bond donors (Lipinski definition) is 1. The van der Waals surface area contributed by atoms with Gasteiger partial charge in [0.15, 0.2) is 0 Å². The molecule has 0 aliphatic carbocycles. The molecular formula is C19H14ClN3O2S. The summed E-state index contributed by atoms with van der Waals surface area (Å²) in [5, 5.41) is 1.13. The van der Waals surface area contributed by atoms with Gasteiger partial charge in [0.05, 0.1) is 21.1 Å². The molecule has 0 radical (unpaired) electrons. The lowest BCUT2D eigenvalue weighted by Crippen LogP contribution is -2.11. The average molecular weight is 384 g/mol. The first kappa shape index (κ1) is 16.6. The molecule has 0 amide bonds. The van der Waals surface area contributed by atoms with Crippen LogP contribution in [0.5, 0.6) is 0 Å². The number of nitrogen functional groups attached to an aromatic ring is 1. The smallest absolute Gasteiger partial charge is 0.268 e. The van der Waals surface area contributed by atoms with Gasteiger partial charge in [-0.25, -0.2) is 17.4 Å². The van der Waals surface area contributed by atoms with Crippen LogP contribution >= 0.6 is 11.6 Å². The van der Waals surface area contributed by atoms with Crippen LogP contribution in [0, 0.1) is 0 Å². The van der Waals surface area contributed by atoms with Crippen LogP contribution in [0.3, 0.4) is 0 Å². The highest BCUT2D eigenvalue weighted by molar-refractivity contribution is 7.90. The van der Waals surface area contributed by atoms with E-state index >= 15 is 0 Å². The van der Waals surface area contributed by atoms with E-state index in [0.717, 1.165) is 5.39 Å². The van der Waals surface area contributed by atoms with E-state index in [-0.39, 0.29) is 4.90 Å². The second kappa shape index (κ2) is 6.16. The van der Waals surface area contributed by atoms with Crippen molar-refractivity contribution in [2.75, 3.05) is 5.73 Å². The fourth-order valence-corrected chi connectivity index (χ4v) is 4.49. The van der Waals surface area contributed by atoms with Crippen LogP contribution in [0.1, 0.15) is 0 Å². The third-order valence-electron chi connectivity index (χ3n) is 4.10. The third kappa shape index (κ3) is 2.64. The maximum absolute atomic E-state index is 13.1. The number of rotatable bonds is 3. The van der Waals surface area contributed by atoms with E-state index < -0.39 is 10.0 Å². The molecule has 7 heteroatoms. The van der Waals surface area contributed by atoms with Crippen LogP contribution in [0.2, 0.25) is 5.02 Å². The first-order chi connectivity index (χ1) is 12.5. The Morgan fingerprint density at radius 3 is 2.38 bits per heavy atom. The number of anilines is 1. The standard InChI is InChI=1S/C19H14ClN3O2S/c20-16-10-11-18(21)22-19(16)15-12-23(17-9-5-4-8-14(15)17)26(24,25)13-6-2-1-3-7-13/h1-12H,(H2,21,22). The highest BCUT2D eigenvalue weighted by Gasteiger charge is 2.22. The van der Waals surface area contributed by atoms with Gasteiger partial charge >= 0.3 is 0 Å². The van der Waals surface area contributed by atoms with Gasteiger partial charge in [-0.1, -0.05) is 48.0 Å². The molecule has 0 saturated heterocycles. The topological polar surface area (TPSA) is 78.0 Å². The minimum absolute atomic E-state index is 0.207. The Morgan fingerprint density at radius 2 is 1.62 bits per heavy atom. The van der Waals surface area contributed by atoms with E-state index in [4.69, 9.17) is 17.3 Å². The maximum Gasteiger partial charge on any atom is 0.268 e. The SMILES string of the molecule is Nc1ccc(Cl)c(-c2cn(S(=O)(=O)c3ccccc3)c3ccccc23)n1. The number of benzene rings is 2. The zero-order chi connectivity index (χ0) is 18.3. The van der Waals surface area contributed by atoms with Crippen molar-refractivity contribution in [1.29, 1.82) is 0 Å². The van der Waals surface area contributed by atoms with Gasteiger partial charge in [0.2, 0.25) is 0 Å². The van der Waals surface area contributed by atoms with Crippen molar-refractivity contribution in [3.63, 3.8) is 0 Å². The lowest BCUT2D eigenvalue weighted by atomic mass is 10.1. The van der Waals surface area contributed by atoms with Gasteiger partial charge in [0.25, 0.3) is 10.0 Å². The average Bonchev–Trinajstić information content (AvgIpc) is 3.05. The van der Waals surface area contributed by atoms with Gasteiger partial charge in [-0.3, -0.25) is 0 Å². The van der Waals surface area contributed by atoms with E-state index in [0.29, 0.717) is 27.6 Å². The Hall–Kier alpha value is -2.83. The Kier molecular flexibility index (Phi) is 3.94. The quantitative estimate of drug-likeness (QED) is 0.575. The van der Waals surface area contributed by atoms with Crippen molar-refractivity contribution in [1.82, 2.24) is 8.96 Å². The minimum Gasteiger partial charge on any atom is -0.384 e. The second-order valence-electron chi connectivity index (χ2n) is 5.74. The largest absolute Gasteiger partial charge is 0.384 e.